The van der Waals surface area contributed by atoms with Gasteiger partial charge in [0.1, 0.15) is 12.2 Å². The molecule has 0 spiro atoms. The average Bonchev–Trinajstić information content (AvgIpc) is 2.76. The standard InChI is InChI=1S/C14H17ClN2O4/c1-14(2,3)21-13(19)16-10-5-4-8(6-9(10)15)11-7-20-12(18)17-11/h4-6,11H,7H2,1-3H3,(H,16,19)(H,17,18). The normalized spacial score (nSPS) is 17.9. The van der Waals surface area contributed by atoms with Gasteiger partial charge in [0.05, 0.1) is 16.8 Å². The van der Waals surface area contributed by atoms with Crippen molar-refractivity contribution >= 4 is 29.5 Å². The fourth-order valence-electron chi connectivity index (χ4n) is 1.83. The fourth-order valence-corrected chi connectivity index (χ4v) is 2.06. The second kappa shape index (κ2) is 5.81. The van der Waals surface area contributed by atoms with E-state index in [2.05, 4.69) is 10.6 Å². The Morgan fingerprint density at radius 2 is 2.19 bits per heavy atom. The summed E-state index contributed by atoms with van der Waals surface area (Å²) in [6, 6.07) is 4.86. The number of hydrogen-bond donors (Lipinski definition) is 2. The molecule has 2 N–H and O–H groups in total. The molecule has 0 aromatic heterocycles. The highest BCUT2D eigenvalue weighted by Gasteiger charge is 2.24. The SMILES string of the molecule is CC(C)(C)OC(=O)Nc1ccc(C2COC(=O)N2)cc1Cl. The molecular weight excluding hydrogens is 296 g/mol. The molecule has 7 heteroatoms. The topological polar surface area (TPSA) is 76.7 Å². The van der Waals surface area contributed by atoms with Crippen molar-refractivity contribution in [1.29, 1.82) is 0 Å². The molecule has 2 amide bonds. The molecule has 1 aliphatic heterocycles. The zero-order valence-corrected chi connectivity index (χ0v) is 12.8. The summed E-state index contributed by atoms with van der Waals surface area (Å²) >= 11 is 6.14. The van der Waals surface area contributed by atoms with Crippen LogP contribution in [0.15, 0.2) is 18.2 Å². The molecule has 114 valence electrons. The van der Waals surface area contributed by atoms with E-state index in [1.807, 2.05) is 0 Å². The summed E-state index contributed by atoms with van der Waals surface area (Å²) < 4.78 is 9.98. The third-order valence-electron chi connectivity index (χ3n) is 2.70. The van der Waals surface area contributed by atoms with Crippen molar-refractivity contribution in [2.75, 3.05) is 11.9 Å². The van der Waals surface area contributed by atoms with Crippen LogP contribution in [0.25, 0.3) is 0 Å². The minimum Gasteiger partial charge on any atom is -0.447 e. The lowest BCUT2D eigenvalue weighted by atomic mass is 10.1. The minimum absolute atomic E-state index is 0.231. The number of nitrogens with one attached hydrogen (secondary N) is 2. The van der Waals surface area contributed by atoms with Gasteiger partial charge in [-0.3, -0.25) is 5.32 Å². The maximum absolute atomic E-state index is 11.7. The van der Waals surface area contributed by atoms with Gasteiger partial charge >= 0.3 is 12.2 Å². The Morgan fingerprint density at radius 1 is 1.48 bits per heavy atom. The highest BCUT2D eigenvalue weighted by molar-refractivity contribution is 6.33. The summed E-state index contributed by atoms with van der Waals surface area (Å²) in [6.07, 6.45) is -1.03. The summed E-state index contributed by atoms with van der Waals surface area (Å²) in [5.41, 5.74) is 0.669. The van der Waals surface area contributed by atoms with Crippen LogP contribution in [0.4, 0.5) is 15.3 Å². The molecule has 1 saturated heterocycles. The van der Waals surface area contributed by atoms with Gasteiger partial charge in [-0.1, -0.05) is 17.7 Å². The van der Waals surface area contributed by atoms with Crippen LogP contribution in [0, 0.1) is 0 Å². The number of carbonyl (C=O) groups excluding carboxylic acids is 2. The van der Waals surface area contributed by atoms with Crippen LogP contribution in [0.2, 0.25) is 5.02 Å². The largest absolute Gasteiger partial charge is 0.447 e. The molecule has 1 fully saturated rings. The lowest BCUT2D eigenvalue weighted by Crippen LogP contribution is -2.27. The maximum Gasteiger partial charge on any atom is 0.412 e. The molecule has 0 saturated carbocycles. The van der Waals surface area contributed by atoms with Crippen molar-refractivity contribution in [2.24, 2.45) is 0 Å². The molecule has 0 bridgehead atoms. The Balaban J connectivity index is 2.06. The number of anilines is 1. The van der Waals surface area contributed by atoms with E-state index in [9.17, 15) is 9.59 Å². The van der Waals surface area contributed by atoms with Gasteiger partial charge in [-0.05, 0) is 38.5 Å². The molecule has 1 heterocycles. The molecule has 1 unspecified atom stereocenters. The summed E-state index contributed by atoms with van der Waals surface area (Å²) in [4.78, 5) is 22.7. The van der Waals surface area contributed by atoms with Crippen molar-refractivity contribution in [2.45, 2.75) is 32.4 Å². The van der Waals surface area contributed by atoms with E-state index in [-0.39, 0.29) is 12.6 Å². The zero-order chi connectivity index (χ0) is 15.6. The summed E-state index contributed by atoms with van der Waals surface area (Å²) in [7, 11) is 0. The van der Waals surface area contributed by atoms with Gasteiger partial charge in [0.25, 0.3) is 0 Å². The molecule has 1 atom stereocenters. The molecule has 0 aliphatic carbocycles. The molecule has 1 aliphatic rings. The summed E-state index contributed by atoms with van der Waals surface area (Å²) in [5, 5.41) is 5.60. The maximum atomic E-state index is 11.7. The molecule has 6 nitrogen and oxygen atoms in total. The smallest absolute Gasteiger partial charge is 0.412 e. The Bertz CT molecular complexity index is 569. The van der Waals surface area contributed by atoms with Gasteiger partial charge in [-0.2, -0.15) is 0 Å². The molecule has 1 aromatic rings. The number of cyclic esters (lactones) is 1. The first-order chi connectivity index (χ1) is 9.74. The van der Waals surface area contributed by atoms with Crippen molar-refractivity contribution < 1.29 is 19.1 Å². The van der Waals surface area contributed by atoms with Crippen LogP contribution in [0.3, 0.4) is 0 Å². The number of halogens is 1. The van der Waals surface area contributed by atoms with Crippen molar-refractivity contribution in [3.05, 3.63) is 28.8 Å². The van der Waals surface area contributed by atoms with Gasteiger partial charge in [0.15, 0.2) is 0 Å². The average molecular weight is 313 g/mol. The van der Waals surface area contributed by atoms with Gasteiger partial charge < -0.3 is 14.8 Å². The number of benzene rings is 1. The lowest BCUT2D eigenvalue weighted by molar-refractivity contribution is 0.0636. The second-order valence-corrected chi connectivity index (χ2v) is 6.07. The van der Waals surface area contributed by atoms with Crippen molar-refractivity contribution in [3.63, 3.8) is 0 Å². The molecule has 21 heavy (non-hydrogen) atoms. The molecular formula is C14H17ClN2O4. The predicted octanol–water partition coefficient (Wildman–Crippen LogP) is 3.47. The van der Waals surface area contributed by atoms with Gasteiger partial charge in [-0.15, -0.1) is 0 Å². The van der Waals surface area contributed by atoms with Gasteiger partial charge in [0.2, 0.25) is 0 Å². The van der Waals surface area contributed by atoms with Crippen molar-refractivity contribution in [1.82, 2.24) is 5.32 Å². The summed E-state index contributed by atoms with van der Waals surface area (Å²) in [5.74, 6) is 0. The summed E-state index contributed by atoms with van der Waals surface area (Å²) in [6.45, 7) is 5.59. The Morgan fingerprint density at radius 3 is 2.71 bits per heavy atom. The quantitative estimate of drug-likeness (QED) is 0.876. The number of rotatable bonds is 2. The van der Waals surface area contributed by atoms with E-state index in [1.54, 1.807) is 39.0 Å². The number of carbonyl (C=O) groups is 2. The number of ether oxygens (including phenoxy) is 2. The van der Waals surface area contributed by atoms with E-state index in [0.29, 0.717) is 10.7 Å². The highest BCUT2D eigenvalue weighted by atomic mass is 35.5. The highest BCUT2D eigenvalue weighted by Crippen LogP contribution is 2.28. The van der Waals surface area contributed by atoms with Gasteiger partial charge in [-0.25, -0.2) is 9.59 Å². The zero-order valence-electron chi connectivity index (χ0n) is 12.0. The fraction of sp³-hybridized carbons (Fsp3) is 0.429. The van der Waals surface area contributed by atoms with E-state index in [4.69, 9.17) is 21.1 Å². The first kappa shape index (κ1) is 15.4. The minimum atomic E-state index is -0.581. The van der Waals surface area contributed by atoms with Crippen LogP contribution in [0.5, 0.6) is 0 Å². The van der Waals surface area contributed by atoms with Gasteiger partial charge in [0, 0.05) is 0 Å². The van der Waals surface area contributed by atoms with E-state index >= 15 is 0 Å². The van der Waals surface area contributed by atoms with E-state index in [1.165, 1.54) is 0 Å². The Kier molecular flexibility index (Phi) is 4.27. The molecule has 1 aromatic carbocycles. The lowest BCUT2D eigenvalue weighted by Gasteiger charge is -2.20. The monoisotopic (exact) mass is 312 g/mol. The van der Waals surface area contributed by atoms with Crippen LogP contribution in [-0.2, 0) is 9.47 Å². The van der Waals surface area contributed by atoms with Crippen LogP contribution in [0.1, 0.15) is 32.4 Å². The number of amides is 2. The van der Waals surface area contributed by atoms with Crippen LogP contribution in [-0.4, -0.2) is 24.4 Å². The van der Waals surface area contributed by atoms with E-state index in [0.717, 1.165) is 5.56 Å². The van der Waals surface area contributed by atoms with E-state index < -0.39 is 17.8 Å². The Labute approximate surface area is 127 Å². The number of hydrogen-bond acceptors (Lipinski definition) is 4. The first-order valence-corrected chi connectivity index (χ1v) is 6.85. The second-order valence-electron chi connectivity index (χ2n) is 5.66. The molecule has 2 rings (SSSR count). The third kappa shape index (κ3) is 4.26. The third-order valence-corrected chi connectivity index (χ3v) is 3.02. The predicted molar refractivity (Wildman–Crippen MR) is 78.5 cm³/mol. The molecule has 0 radical (unpaired) electrons. The van der Waals surface area contributed by atoms with Crippen LogP contribution >= 0.6 is 11.6 Å². The Hall–Kier alpha value is -1.95. The number of alkyl carbamates (subject to hydrolysis) is 1. The first-order valence-electron chi connectivity index (χ1n) is 6.47. The van der Waals surface area contributed by atoms with Crippen molar-refractivity contribution in [3.8, 4) is 0 Å². The van der Waals surface area contributed by atoms with Crippen LogP contribution < -0.4 is 10.6 Å².